The lowest BCUT2D eigenvalue weighted by atomic mass is 10.2. The lowest BCUT2D eigenvalue weighted by Crippen LogP contribution is -2.16. The second-order valence-corrected chi connectivity index (χ2v) is 8.50. The van der Waals surface area contributed by atoms with Crippen LogP contribution in [-0.2, 0) is 21.2 Å². The van der Waals surface area contributed by atoms with Crippen LogP contribution in [0.3, 0.4) is 0 Å². The summed E-state index contributed by atoms with van der Waals surface area (Å²) < 4.78 is 38.0. The second kappa shape index (κ2) is 9.79. The minimum atomic E-state index is -4.27. The number of nitro groups is 1. The molecule has 1 heterocycles. The number of esters is 1. The third-order valence-corrected chi connectivity index (χ3v) is 5.94. The van der Waals surface area contributed by atoms with Gasteiger partial charge in [0.05, 0.1) is 28.1 Å². The Labute approximate surface area is 193 Å². The third-order valence-electron chi connectivity index (χ3n) is 4.31. The number of hydrogen-bond acceptors (Lipinski definition) is 9. The van der Waals surface area contributed by atoms with Crippen molar-refractivity contribution < 1.29 is 27.6 Å². The Morgan fingerprint density at radius 1 is 1.18 bits per heavy atom. The molecule has 3 aromatic rings. The van der Waals surface area contributed by atoms with Crippen molar-refractivity contribution in [1.82, 2.24) is 9.97 Å². The van der Waals surface area contributed by atoms with E-state index in [1.165, 1.54) is 31.4 Å². The van der Waals surface area contributed by atoms with Gasteiger partial charge < -0.3 is 9.47 Å². The zero-order valence-corrected chi connectivity index (χ0v) is 18.9. The van der Waals surface area contributed by atoms with Crippen molar-refractivity contribution in [2.75, 3.05) is 11.8 Å². The monoisotopic (exact) mass is 492 g/mol. The number of aromatic nitrogens is 2. The first-order valence-corrected chi connectivity index (χ1v) is 11.2. The van der Waals surface area contributed by atoms with Crippen molar-refractivity contribution >= 4 is 39.2 Å². The summed E-state index contributed by atoms with van der Waals surface area (Å²) >= 11 is 6.22. The van der Waals surface area contributed by atoms with Crippen LogP contribution in [0.25, 0.3) is 0 Å². The van der Waals surface area contributed by atoms with Gasteiger partial charge in [-0.25, -0.2) is 17.9 Å². The van der Waals surface area contributed by atoms with Gasteiger partial charge in [-0.3, -0.25) is 10.1 Å². The fourth-order valence-electron chi connectivity index (χ4n) is 2.72. The molecular weight excluding hydrogens is 476 g/mol. The van der Waals surface area contributed by atoms with Gasteiger partial charge in [-0.1, -0.05) is 30.7 Å². The number of sulfonamides is 1. The molecule has 1 aromatic heterocycles. The standard InChI is InChI=1S/C20H17ClN4O7S/c1-3-16-17(21)22-20(24-33(29,30)15-9-5-7-13(11-15)25(27)28)23-18(16)32-14-8-4-6-12(10-14)19(26)31-2/h4-11H,3H2,1-2H3,(H,22,23,24). The maximum Gasteiger partial charge on any atom is 0.337 e. The van der Waals surface area contributed by atoms with Crippen LogP contribution in [0.15, 0.2) is 53.4 Å². The van der Waals surface area contributed by atoms with E-state index in [2.05, 4.69) is 19.4 Å². The van der Waals surface area contributed by atoms with Gasteiger partial charge in [-0.2, -0.15) is 9.97 Å². The molecule has 172 valence electrons. The van der Waals surface area contributed by atoms with Crippen molar-refractivity contribution in [3.05, 3.63) is 74.9 Å². The molecule has 0 amide bonds. The first-order valence-electron chi connectivity index (χ1n) is 9.34. The van der Waals surface area contributed by atoms with Gasteiger partial charge in [0, 0.05) is 12.1 Å². The number of non-ortho nitro benzene ring substituents is 1. The molecule has 0 radical (unpaired) electrons. The summed E-state index contributed by atoms with van der Waals surface area (Å²) in [5, 5.41) is 10.9. The average Bonchev–Trinajstić information content (AvgIpc) is 2.78. The Kier molecular flexibility index (Phi) is 7.09. The first-order chi connectivity index (χ1) is 15.6. The Hall–Kier alpha value is -3.77. The molecule has 11 nitrogen and oxygen atoms in total. The summed E-state index contributed by atoms with van der Waals surface area (Å²) in [6.07, 6.45) is 0.364. The van der Waals surface area contributed by atoms with Crippen LogP contribution >= 0.6 is 11.6 Å². The van der Waals surface area contributed by atoms with Gasteiger partial charge >= 0.3 is 5.97 Å². The summed E-state index contributed by atoms with van der Waals surface area (Å²) in [5.41, 5.74) is 0.242. The fourth-order valence-corrected chi connectivity index (χ4v) is 4.00. The molecule has 0 saturated carbocycles. The largest absolute Gasteiger partial charge is 0.465 e. The average molecular weight is 493 g/mol. The van der Waals surface area contributed by atoms with E-state index in [0.717, 1.165) is 12.1 Å². The molecule has 0 aliphatic carbocycles. The van der Waals surface area contributed by atoms with E-state index < -0.39 is 32.6 Å². The summed E-state index contributed by atoms with van der Waals surface area (Å²) in [6.45, 7) is 1.77. The molecule has 0 saturated heterocycles. The molecule has 0 fully saturated rings. The number of anilines is 1. The van der Waals surface area contributed by atoms with Crippen LogP contribution in [0.2, 0.25) is 5.15 Å². The Bertz CT molecular complexity index is 1330. The number of halogens is 1. The lowest BCUT2D eigenvalue weighted by molar-refractivity contribution is -0.385. The molecule has 0 bridgehead atoms. The molecule has 13 heteroatoms. The van der Waals surface area contributed by atoms with E-state index in [4.69, 9.17) is 16.3 Å². The normalized spacial score (nSPS) is 11.0. The van der Waals surface area contributed by atoms with Crippen LogP contribution in [0.4, 0.5) is 11.6 Å². The van der Waals surface area contributed by atoms with E-state index in [-0.39, 0.29) is 27.2 Å². The quantitative estimate of drug-likeness (QED) is 0.213. The van der Waals surface area contributed by atoms with E-state index >= 15 is 0 Å². The molecule has 0 atom stereocenters. The number of carbonyl (C=O) groups excluding carboxylic acids is 1. The summed E-state index contributed by atoms with van der Waals surface area (Å²) in [6, 6.07) is 10.6. The number of rotatable bonds is 8. The van der Waals surface area contributed by atoms with E-state index in [1.54, 1.807) is 19.1 Å². The van der Waals surface area contributed by atoms with Crippen LogP contribution in [0.1, 0.15) is 22.8 Å². The summed E-state index contributed by atoms with van der Waals surface area (Å²) in [4.78, 5) is 29.7. The Morgan fingerprint density at radius 3 is 2.58 bits per heavy atom. The number of nitrogens with one attached hydrogen (secondary N) is 1. The molecule has 1 N–H and O–H groups in total. The van der Waals surface area contributed by atoms with Gasteiger partial charge in [-0.15, -0.1) is 0 Å². The second-order valence-electron chi connectivity index (χ2n) is 6.46. The maximum atomic E-state index is 12.7. The van der Waals surface area contributed by atoms with Gasteiger partial charge in [0.25, 0.3) is 15.7 Å². The number of carbonyl (C=O) groups is 1. The highest BCUT2D eigenvalue weighted by Gasteiger charge is 2.22. The third kappa shape index (κ3) is 5.54. The number of hydrogen-bond donors (Lipinski definition) is 1. The van der Waals surface area contributed by atoms with Crippen molar-refractivity contribution in [2.45, 2.75) is 18.2 Å². The van der Waals surface area contributed by atoms with Crippen molar-refractivity contribution in [1.29, 1.82) is 0 Å². The minimum absolute atomic E-state index is 0.0312. The number of nitrogens with zero attached hydrogens (tertiary/aromatic N) is 3. The van der Waals surface area contributed by atoms with Crippen LogP contribution in [0.5, 0.6) is 11.6 Å². The van der Waals surface area contributed by atoms with Crippen LogP contribution < -0.4 is 9.46 Å². The first kappa shape index (κ1) is 23.9. The van der Waals surface area contributed by atoms with Crippen molar-refractivity contribution in [3.8, 4) is 11.6 Å². The number of nitro benzene ring substituents is 1. The number of ether oxygens (including phenoxy) is 2. The van der Waals surface area contributed by atoms with Gasteiger partial charge in [-0.05, 0) is 30.7 Å². The predicted octanol–water partition coefficient (Wildman–Crippen LogP) is 3.98. The van der Waals surface area contributed by atoms with Crippen LogP contribution in [0, 0.1) is 10.1 Å². The smallest absolute Gasteiger partial charge is 0.337 e. The fraction of sp³-hybridized carbons (Fsp3) is 0.150. The zero-order chi connectivity index (χ0) is 24.2. The maximum absolute atomic E-state index is 12.7. The highest BCUT2D eigenvalue weighted by molar-refractivity contribution is 7.92. The van der Waals surface area contributed by atoms with Gasteiger partial charge in [0.15, 0.2) is 0 Å². The molecule has 0 spiro atoms. The van der Waals surface area contributed by atoms with E-state index in [9.17, 15) is 23.3 Å². The molecule has 33 heavy (non-hydrogen) atoms. The van der Waals surface area contributed by atoms with E-state index in [0.29, 0.717) is 12.0 Å². The molecular formula is C20H17ClN4O7S. The topological polar surface area (TPSA) is 151 Å². The highest BCUT2D eigenvalue weighted by Crippen LogP contribution is 2.31. The highest BCUT2D eigenvalue weighted by atomic mass is 35.5. The summed E-state index contributed by atoms with van der Waals surface area (Å²) in [5.74, 6) is -0.767. The molecule has 3 rings (SSSR count). The molecule has 2 aromatic carbocycles. The molecule has 0 unspecified atom stereocenters. The van der Waals surface area contributed by atoms with Crippen molar-refractivity contribution in [2.24, 2.45) is 0 Å². The Balaban J connectivity index is 1.96. The SMILES string of the molecule is CCc1c(Cl)nc(NS(=O)(=O)c2cccc([N+](=O)[O-])c2)nc1Oc1cccc(C(=O)OC)c1. The van der Waals surface area contributed by atoms with Crippen LogP contribution in [-0.4, -0.2) is 36.4 Å². The molecule has 0 aliphatic heterocycles. The van der Waals surface area contributed by atoms with Gasteiger partial charge in [0.1, 0.15) is 10.9 Å². The Morgan fingerprint density at radius 2 is 1.91 bits per heavy atom. The zero-order valence-electron chi connectivity index (χ0n) is 17.3. The van der Waals surface area contributed by atoms with Gasteiger partial charge in [0.2, 0.25) is 11.8 Å². The van der Waals surface area contributed by atoms with Crippen molar-refractivity contribution in [3.63, 3.8) is 0 Å². The lowest BCUT2D eigenvalue weighted by Gasteiger charge is -2.13. The summed E-state index contributed by atoms with van der Waals surface area (Å²) in [7, 11) is -3.03. The van der Waals surface area contributed by atoms with E-state index in [1.807, 2.05) is 0 Å². The predicted molar refractivity (Wildman–Crippen MR) is 118 cm³/mol. The molecule has 0 aliphatic rings. The number of benzene rings is 2. The minimum Gasteiger partial charge on any atom is -0.465 e. The number of methoxy groups -OCH3 is 1.